The van der Waals surface area contributed by atoms with Crippen LogP contribution in [-0.4, -0.2) is 45.4 Å². The average Bonchev–Trinajstić information content (AvgIpc) is 3.27. The third kappa shape index (κ3) is 6.44. The van der Waals surface area contributed by atoms with Crippen LogP contribution in [0.4, 0.5) is 4.79 Å². The maximum Gasteiger partial charge on any atom is 0.408 e. The van der Waals surface area contributed by atoms with Crippen LogP contribution < -0.4 is 10.6 Å². The van der Waals surface area contributed by atoms with Crippen molar-refractivity contribution in [1.82, 2.24) is 15.6 Å². The highest BCUT2D eigenvalue weighted by atomic mass is 79.9. The molecule has 9 nitrogen and oxygen atoms in total. The van der Waals surface area contributed by atoms with Gasteiger partial charge in [0.15, 0.2) is 6.10 Å². The van der Waals surface area contributed by atoms with Gasteiger partial charge in [-0.15, -0.1) is 0 Å². The predicted octanol–water partition coefficient (Wildman–Crippen LogP) is 3.39. The number of alkyl carbamates (subject to hydrolysis) is 1. The minimum atomic E-state index is -0.891. The highest BCUT2D eigenvalue weighted by molar-refractivity contribution is 9.18. The highest BCUT2D eigenvalue weighted by Gasteiger charge is 2.25. The zero-order chi connectivity index (χ0) is 23.9. The molecule has 1 aromatic heterocycles. The molecule has 0 spiro atoms. The Kier molecular flexibility index (Phi) is 7.58. The van der Waals surface area contributed by atoms with Gasteiger partial charge in [0.25, 0.3) is 0 Å². The molecule has 2 heterocycles. The predicted molar refractivity (Wildman–Crippen MR) is 130 cm³/mol. The second-order valence-corrected chi connectivity index (χ2v) is 8.74. The smallest absolute Gasteiger partial charge is 0.408 e. The zero-order valence-corrected chi connectivity index (χ0v) is 19.7. The molecule has 3 N–H and O–H groups in total. The van der Waals surface area contributed by atoms with Crippen molar-refractivity contribution < 1.29 is 24.3 Å². The number of aromatic nitrogens is 1. The average molecular weight is 527 g/mol. The van der Waals surface area contributed by atoms with Gasteiger partial charge in [-0.25, -0.2) is 4.79 Å². The van der Waals surface area contributed by atoms with Gasteiger partial charge in [-0.1, -0.05) is 35.5 Å². The van der Waals surface area contributed by atoms with Gasteiger partial charge < -0.3 is 25.3 Å². The lowest BCUT2D eigenvalue weighted by atomic mass is 10.0. The van der Waals surface area contributed by atoms with Gasteiger partial charge in [0.2, 0.25) is 5.91 Å². The standard InChI is InChI=1S/C24H23BrN4O5/c25-22-11-19(34-29-22)13-27-23(31)21(10-15-5-7-18(30)8-6-15)28-24(32)33-14-16-9-17-3-1-2-4-20(17)26-12-16/h1-9,12,19,21,30H,10-11,13-14H2,(H,27,31)(H,28,32)/t19-,21-/m0/s1. The van der Waals surface area contributed by atoms with Crippen molar-refractivity contribution >= 4 is 43.5 Å². The van der Waals surface area contributed by atoms with Gasteiger partial charge in [0.1, 0.15) is 23.0 Å². The largest absolute Gasteiger partial charge is 0.508 e. The van der Waals surface area contributed by atoms with Gasteiger partial charge in [-0.05, 0) is 45.8 Å². The summed E-state index contributed by atoms with van der Waals surface area (Å²) in [6.07, 6.45) is 1.41. The first-order valence-corrected chi connectivity index (χ1v) is 11.5. The van der Waals surface area contributed by atoms with Crippen LogP contribution in [0.15, 0.2) is 65.9 Å². The molecule has 2 amide bonds. The number of carbonyl (C=O) groups excluding carboxylic acids is 2. The molecular formula is C24H23BrN4O5. The lowest BCUT2D eigenvalue weighted by molar-refractivity contribution is -0.123. The van der Waals surface area contributed by atoms with Crippen LogP contribution in [0.5, 0.6) is 5.75 Å². The number of oxime groups is 1. The van der Waals surface area contributed by atoms with Crippen LogP contribution in [0.2, 0.25) is 0 Å². The molecule has 2 aromatic carbocycles. The maximum absolute atomic E-state index is 12.9. The van der Waals surface area contributed by atoms with Crippen molar-refractivity contribution in [2.75, 3.05) is 6.54 Å². The molecule has 1 aliphatic heterocycles. The third-order valence-corrected chi connectivity index (χ3v) is 5.67. The van der Waals surface area contributed by atoms with Crippen LogP contribution in [0.1, 0.15) is 17.5 Å². The van der Waals surface area contributed by atoms with Crippen molar-refractivity contribution in [3.8, 4) is 5.75 Å². The monoisotopic (exact) mass is 526 g/mol. The molecule has 0 unspecified atom stereocenters. The van der Waals surface area contributed by atoms with Gasteiger partial charge in [-0.3, -0.25) is 9.78 Å². The first-order chi connectivity index (χ1) is 16.5. The summed E-state index contributed by atoms with van der Waals surface area (Å²) in [5.74, 6) is -0.269. The molecule has 0 radical (unpaired) electrons. The zero-order valence-electron chi connectivity index (χ0n) is 18.1. The van der Waals surface area contributed by atoms with Crippen LogP contribution in [0.25, 0.3) is 10.9 Å². The van der Waals surface area contributed by atoms with Gasteiger partial charge >= 0.3 is 6.09 Å². The number of phenols is 1. The molecular weight excluding hydrogens is 504 g/mol. The summed E-state index contributed by atoms with van der Waals surface area (Å²) in [5.41, 5.74) is 2.35. The number of halogens is 1. The SMILES string of the molecule is O=C(N[C@@H](Cc1ccc(O)cc1)C(=O)NC[C@@H]1CC(Br)=NO1)OCc1cnc2ccccc2c1. The molecule has 0 saturated carbocycles. The summed E-state index contributed by atoms with van der Waals surface area (Å²) in [6, 6.07) is 15.1. The summed E-state index contributed by atoms with van der Waals surface area (Å²) >= 11 is 3.26. The van der Waals surface area contributed by atoms with Crippen LogP contribution >= 0.6 is 15.9 Å². The van der Waals surface area contributed by atoms with E-state index in [0.717, 1.165) is 22.0 Å². The number of rotatable bonds is 8. The quantitative estimate of drug-likeness (QED) is 0.413. The molecule has 0 saturated heterocycles. The number of benzene rings is 2. The number of fused-ring (bicyclic) bond motifs is 1. The molecule has 3 aromatic rings. The van der Waals surface area contributed by atoms with Crippen molar-refractivity contribution in [3.05, 3.63) is 71.9 Å². The summed E-state index contributed by atoms with van der Waals surface area (Å²) in [7, 11) is 0. The Morgan fingerprint density at radius 3 is 2.74 bits per heavy atom. The Morgan fingerprint density at radius 1 is 1.18 bits per heavy atom. The Balaban J connectivity index is 1.36. The van der Waals surface area contributed by atoms with Gasteiger partial charge in [0, 0.05) is 30.0 Å². The first kappa shape index (κ1) is 23.5. The number of carbonyl (C=O) groups is 2. The number of hydrogen-bond donors (Lipinski definition) is 3. The second-order valence-electron chi connectivity index (χ2n) is 7.82. The topological polar surface area (TPSA) is 122 Å². The Labute approximate surface area is 204 Å². The molecule has 0 aliphatic carbocycles. The van der Waals surface area contributed by atoms with Crippen molar-refractivity contribution in [1.29, 1.82) is 0 Å². The molecule has 34 heavy (non-hydrogen) atoms. The fourth-order valence-corrected chi connectivity index (χ4v) is 3.89. The number of nitrogens with zero attached hydrogens (tertiary/aromatic N) is 2. The van der Waals surface area contributed by atoms with Gasteiger partial charge in [-0.2, -0.15) is 0 Å². The van der Waals surface area contributed by atoms with E-state index in [1.807, 2.05) is 30.3 Å². The molecule has 2 atom stereocenters. The van der Waals surface area contributed by atoms with Crippen LogP contribution in [0, 0.1) is 0 Å². The summed E-state index contributed by atoms with van der Waals surface area (Å²) < 4.78 is 6.03. The lowest BCUT2D eigenvalue weighted by Gasteiger charge is -2.19. The maximum atomic E-state index is 12.9. The fourth-order valence-electron chi connectivity index (χ4n) is 3.45. The third-order valence-electron chi connectivity index (χ3n) is 5.20. The van der Waals surface area contributed by atoms with Crippen molar-refractivity contribution in [2.45, 2.75) is 31.6 Å². The molecule has 4 rings (SSSR count). The summed E-state index contributed by atoms with van der Waals surface area (Å²) in [5, 5.41) is 19.7. The lowest BCUT2D eigenvalue weighted by Crippen LogP contribution is -2.49. The van der Waals surface area contributed by atoms with Crippen molar-refractivity contribution in [3.63, 3.8) is 0 Å². The van der Waals surface area contributed by atoms with E-state index in [4.69, 9.17) is 9.57 Å². The molecule has 1 aliphatic rings. The van der Waals surface area contributed by atoms with E-state index in [0.29, 0.717) is 11.0 Å². The normalized spacial score (nSPS) is 15.8. The number of phenolic OH excluding ortho intramolecular Hbond substituents is 1. The molecule has 10 heteroatoms. The van der Waals surface area contributed by atoms with E-state index in [9.17, 15) is 14.7 Å². The molecule has 176 valence electrons. The number of nitrogens with one attached hydrogen (secondary N) is 2. The Bertz CT molecular complexity index is 1200. The Hall–Kier alpha value is -3.66. The number of hydrogen-bond acceptors (Lipinski definition) is 7. The van der Waals surface area contributed by atoms with Gasteiger partial charge in [0.05, 0.1) is 12.1 Å². The second kappa shape index (κ2) is 11.0. The van der Waals surface area contributed by atoms with E-state index in [2.05, 4.69) is 36.7 Å². The van der Waals surface area contributed by atoms with E-state index in [-0.39, 0.29) is 37.3 Å². The van der Waals surface area contributed by atoms with Crippen LogP contribution in [0.3, 0.4) is 0 Å². The first-order valence-electron chi connectivity index (χ1n) is 10.7. The van der Waals surface area contributed by atoms with Crippen LogP contribution in [-0.2, 0) is 27.4 Å². The fraction of sp³-hybridized carbons (Fsp3) is 0.250. The minimum absolute atomic E-state index is 0.0124. The molecule has 0 bridgehead atoms. The number of amides is 2. The Morgan fingerprint density at radius 2 is 1.97 bits per heavy atom. The summed E-state index contributed by atoms with van der Waals surface area (Å²) in [4.78, 5) is 34.9. The minimum Gasteiger partial charge on any atom is -0.508 e. The van der Waals surface area contributed by atoms with E-state index in [1.165, 1.54) is 12.1 Å². The summed E-state index contributed by atoms with van der Waals surface area (Å²) in [6.45, 7) is 0.251. The van der Waals surface area contributed by atoms with E-state index < -0.39 is 12.1 Å². The van der Waals surface area contributed by atoms with Crippen molar-refractivity contribution in [2.24, 2.45) is 5.16 Å². The van der Waals surface area contributed by atoms with E-state index in [1.54, 1.807) is 18.3 Å². The number of para-hydroxylation sites is 1. The number of aromatic hydroxyl groups is 1. The number of ether oxygens (including phenoxy) is 1. The molecule has 0 fully saturated rings. The number of pyridine rings is 1. The highest BCUT2D eigenvalue weighted by Crippen LogP contribution is 2.15. The van der Waals surface area contributed by atoms with E-state index >= 15 is 0 Å².